The number of carbonyl (C=O) groups is 2. The molecule has 0 aliphatic carbocycles. The Morgan fingerprint density at radius 2 is 1.38 bits per heavy atom. The van der Waals surface area contributed by atoms with Gasteiger partial charge in [-0.1, -0.05) is 84.4 Å². The SMILES string of the molecule is Cc1cccc(CN(C(=O)CN(c2ccc(C)c(C)c2)S(=O)(=O)c2ccccc2)[C@@H](Cc2ccccc2)C(=O)NC(C)(C)C)c1. The molecule has 0 saturated carbocycles. The van der Waals surface area contributed by atoms with Crippen LogP contribution in [0.25, 0.3) is 0 Å². The average Bonchev–Trinajstić information content (AvgIpc) is 2.99. The Hall–Kier alpha value is -4.43. The highest BCUT2D eigenvalue weighted by Gasteiger charge is 2.35. The molecule has 4 aromatic rings. The predicted octanol–water partition coefficient (Wildman–Crippen LogP) is 6.36. The molecule has 1 N–H and O–H groups in total. The molecule has 1 atom stereocenters. The van der Waals surface area contributed by atoms with Crippen molar-refractivity contribution in [3.05, 3.63) is 131 Å². The molecule has 0 heterocycles. The van der Waals surface area contributed by atoms with Crippen LogP contribution in [0.1, 0.15) is 48.6 Å². The lowest BCUT2D eigenvalue weighted by molar-refractivity contribution is -0.140. The van der Waals surface area contributed by atoms with Crippen molar-refractivity contribution in [3.8, 4) is 0 Å². The van der Waals surface area contributed by atoms with E-state index in [1.807, 2.05) is 102 Å². The van der Waals surface area contributed by atoms with E-state index in [0.717, 1.165) is 32.1 Å². The number of aryl methyl sites for hydroxylation is 3. The van der Waals surface area contributed by atoms with Gasteiger partial charge < -0.3 is 10.2 Å². The van der Waals surface area contributed by atoms with E-state index in [1.165, 1.54) is 17.0 Å². The molecular formula is C37H43N3O4S. The topological polar surface area (TPSA) is 86.8 Å². The van der Waals surface area contributed by atoms with Crippen LogP contribution in [-0.4, -0.2) is 43.3 Å². The van der Waals surface area contributed by atoms with Crippen molar-refractivity contribution in [1.29, 1.82) is 0 Å². The number of anilines is 1. The summed E-state index contributed by atoms with van der Waals surface area (Å²) in [5.41, 5.74) is 4.48. The van der Waals surface area contributed by atoms with Gasteiger partial charge >= 0.3 is 0 Å². The van der Waals surface area contributed by atoms with Crippen molar-refractivity contribution in [2.45, 2.75) is 71.0 Å². The Morgan fingerprint density at radius 3 is 1.98 bits per heavy atom. The van der Waals surface area contributed by atoms with Gasteiger partial charge in [-0.15, -0.1) is 0 Å². The highest BCUT2D eigenvalue weighted by molar-refractivity contribution is 7.92. The van der Waals surface area contributed by atoms with Crippen LogP contribution < -0.4 is 9.62 Å². The Bertz CT molecular complexity index is 1730. The van der Waals surface area contributed by atoms with Gasteiger partial charge in [-0.2, -0.15) is 0 Å². The lowest BCUT2D eigenvalue weighted by Crippen LogP contribution is -2.56. The van der Waals surface area contributed by atoms with Crippen molar-refractivity contribution in [2.24, 2.45) is 0 Å². The number of hydrogen-bond donors (Lipinski definition) is 1. The third-order valence-corrected chi connectivity index (χ3v) is 9.38. The summed E-state index contributed by atoms with van der Waals surface area (Å²) < 4.78 is 29.5. The van der Waals surface area contributed by atoms with E-state index in [-0.39, 0.29) is 23.8 Å². The fourth-order valence-electron chi connectivity index (χ4n) is 5.14. The molecule has 0 radical (unpaired) electrons. The van der Waals surface area contributed by atoms with E-state index in [9.17, 15) is 18.0 Å². The molecule has 4 rings (SSSR count). The molecule has 45 heavy (non-hydrogen) atoms. The zero-order valence-corrected chi connectivity index (χ0v) is 27.8. The smallest absolute Gasteiger partial charge is 0.264 e. The van der Waals surface area contributed by atoms with Gasteiger partial charge in [0.2, 0.25) is 11.8 Å². The normalized spacial score (nSPS) is 12.3. The summed E-state index contributed by atoms with van der Waals surface area (Å²) in [5.74, 6) is -0.796. The van der Waals surface area contributed by atoms with Crippen molar-refractivity contribution in [2.75, 3.05) is 10.8 Å². The Labute approximate surface area is 268 Å². The maximum absolute atomic E-state index is 14.6. The van der Waals surface area contributed by atoms with Crippen molar-refractivity contribution < 1.29 is 18.0 Å². The predicted molar refractivity (Wildman–Crippen MR) is 180 cm³/mol. The summed E-state index contributed by atoms with van der Waals surface area (Å²) in [6, 6.07) is 29.9. The zero-order valence-electron chi connectivity index (χ0n) is 26.9. The molecule has 2 amide bonds. The molecule has 4 aromatic carbocycles. The highest BCUT2D eigenvalue weighted by Crippen LogP contribution is 2.27. The third kappa shape index (κ3) is 8.82. The summed E-state index contributed by atoms with van der Waals surface area (Å²) in [7, 11) is -4.14. The standard InChI is InChI=1S/C37H43N3O4S/c1-27-14-13-17-31(22-27)25-39(34(36(42)38-37(4,5)6)24-30-15-9-7-10-16-30)35(41)26-40(32-21-20-28(2)29(3)23-32)45(43,44)33-18-11-8-12-19-33/h7-23,34H,24-26H2,1-6H3,(H,38,42)/t34-/m0/s1. The highest BCUT2D eigenvalue weighted by atomic mass is 32.2. The van der Waals surface area contributed by atoms with Gasteiger partial charge in [0, 0.05) is 18.5 Å². The van der Waals surface area contributed by atoms with Crippen LogP contribution in [0, 0.1) is 20.8 Å². The number of nitrogens with one attached hydrogen (secondary N) is 1. The molecule has 0 aromatic heterocycles. The molecular weight excluding hydrogens is 582 g/mol. The number of amides is 2. The number of benzene rings is 4. The Kier molecular flexibility index (Phi) is 10.5. The maximum atomic E-state index is 14.6. The summed E-state index contributed by atoms with van der Waals surface area (Å²) in [4.78, 5) is 30.2. The van der Waals surface area contributed by atoms with E-state index in [1.54, 1.807) is 30.3 Å². The van der Waals surface area contributed by atoms with Gasteiger partial charge in [0.05, 0.1) is 10.6 Å². The van der Waals surface area contributed by atoms with Gasteiger partial charge in [0.1, 0.15) is 12.6 Å². The molecule has 0 unspecified atom stereocenters. The van der Waals surface area contributed by atoms with Crippen molar-refractivity contribution in [1.82, 2.24) is 10.2 Å². The fraction of sp³-hybridized carbons (Fsp3) is 0.297. The average molecular weight is 626 g/mol. The van der Waals surface area contributed by atoms with Crippen LogP contribution in [0.5, 0.6) is 0 Å². The van der Waals surface area contributed by atoms with Gasteiger partial charge in [-0.05, 0) is 88.1 Å². The van der Waals surface area contributed by atoms with Gasteiger partial charge in [-0.3, -0.25) is 13.9 Å². The van der Waals surface area contributed by atoms with Crippen LogP contribution in [0.4, 0.5) is 5.69 Å². The van der Waals surface area contributed by atoms with E-state index in [0.29, 0.717) is 5.69 Å². The number of nitrogens with zero attached hydrogens (tertiary/aromatic N) is 2. The first-order valence-electron chi connectivity index (χ1n) is 15.1. The fourth-order valence-corrected chi connectivity index (χ4v) is 6.57. The first kappa shape index (κ1) is 33.5. The minimum atomic E-state index is -4.14. The molecule has 7 nitrogen and oxygen atoms in total. The van der Waals surface area contributed by atoms with E-state index in [4.69, 9.17) is 0 Å². The third-order valence-electron chi connectivity index (χ3n) is 7.59. The van der Waals surface area contributed by atoms with Crippen molar-refractivity contribution in [3.63, 3.8) is 0 Å². The first-order chi connectivity index (χ1) is 21.2. The van der Waals surface area contributed by atoms with Crippen LogP contribution in [0.3, 0.4) is 0 Å². The van der Waals surface area contributed by atoms with E-state index in [2.05, 4.69) is 5.32 Å². The molecule has 0 saturated heterocycles. The minimum absolute atomic E-state index is 0.0765. The first-order valence-corrected chi connectivity index (χ1v) is 16.5. The number of carbonyl (C=O) groups excluding carboxylic acids is 2. The Balaban J connectivity index is 1.83. The van der Waals surface area contributed by atoms with Crippen LogP contribution in [-0.2, 0) is 32.6 Å². The van der Waals surface area contributed by atoms with Crippen LogP contribution >= 0.6 is 0 Å². The van der Waals surface area contributed by atoms with Crippen molar-refractivity contribution >= 4 is 27.5 Å². The van der Waals surface area contributed by atoms with E-state index >= 15 is 0 Å². The molecule has 0 fully saturated rings. The molecule has 8 heteroatoms. The second-order valence-corrected chi connectivity index (χ2v) is 14.4. The maximum Gasteiger partial charge on any atom is 0.264 e. The number of sulfonamides is 1. The summed E-state index contributed by atoms with van der Waals surface area (Å²) in [6.45, 7) is 11.1. The molecule has 236 valence electrons. The van der Waals surface area contributed by atoms with Gasteiger partial charge in [-0.25, -0.2) is 8.42 Å². The largest absolute Gasteiger partial charge is 0.350 e. The number of rotatable bonds is 11. The molecule has 0 aliphatic rings. The molecule has 0 aliphatic heterocycles. The zero-order chi connectivity index (χ0) is 32.8. The summed E-state index contributed by atoms with van der Waals surface area (Å²) >= 11 is 0. The molecule has 0 bridgehead atoms. The van der Waals surface area contributed by atoms with Gasteiger partial charge in [0.25, 0.3) is 10.0 Å². The summed E-state index contributed by atoms with van der Waals surface area (Å²) in [6.07, 6.45) is 0.259. The van der Waals surface area contributed by atoms with Crippen LogP contribution in [0.2, 0.25) is 0 Å². The Morgan fingerprint density at radius 1 is 0.756 bits per heavy atom. The summed E-state index contributed by atoms with van der Waals surface area (Å²) in [5, 5.41) is 3.06. The second-order valence-electron chi connectivity index (χ2n) is 12.5. The number of hydrogen-bond acceptors (Lipinski definition) is 4. The minimum Gasteiger partial charge on any atom is -0.350 e. The lowest BCUT2D eigenvalue weighted by atomic mass is 10.0. The lowest BCUT2D eigenvalue weighted by Gasteiger charge is -2.35. The quantitative estimate of drug-likeness (QED) is 0.210. The molecule has 0 spiro atoms. The monoisotopic (exact) mass is 625 g/mol. The van der Waals surface area contributed by atoms with Crippen LogP contribution in [0.15, 0.2) is 108 Å². The second kappa shape index (κ2) is 14.1. The van der Waals surface area contributed by atoms with Gasteiger partial charge in [0.15, 0.2) is 0 Å². The van der Waals surface area contributed by atoms with E-state index < -0.39 is 34.1 Å².